The molecule has 0 aliphatic carbocycles. The predicted molar refractivity (Wildman–Crippen MR) is 174 cm³/mol. The number of morpholine rings is 1. The van der Waals surface area contributed by atoms with E-state index in [1.54, 1.807) is 24.5 Å². The third-order valence-electron chi connectivity index (χ3n) is 7.04. The van der Waals surface area contributed by atoms with Gasteiger partial charge in [0.1, 0.15) is 28.2 Å². The molecule has 2 aromatic carbocycles. The maximum atomic E-state index is 14.9. The quantitative estimate of drug-likeness (QED) is 0.181. The van der Waals surface area contributed by atoms with Gasteiger partial charge in [0.05, 0.1) is 52.1 Å². The number of anilines is 4. The zero-order valence-corrected chi connectivity index (χ0v) is 26.8. The van der Waals surface area contributed by atoms with Crippen LogP contribution in [0.25, 0.3) is 21.8 Å². The Labute approximate surface area is 270 Å². The molecule has 3 aromatic heterocycles. The molecule has 0 amide bonds. The van der Waals surface area contributed by atoms with Gasteiger partial charge in [0.15, 0.2) is 11.0 Å². The number of aromatic nitrogens is 4. The zero-order valence-electron chi connectivity index (χ0n) is 25.2. The van der Waals surface area contributed by atoms with Crippen LogP contribution in [-0.2, 0) is 21.1 Å². The van der Waals surface area contributed by atoms with Gasteiger partial charge in [-0.05, 0) is 48.5 Å². The van der Waals surface area contributed by atoms with Crippen LogP contribution in [0.1, 0.15) is 25.8 Å². The average molecular weight is 666 g/mol. The second kappa shape index (κ2) is 13.1. The lowest BCUT2D eigenvalue weighted by Gasteiger charge is -2.27. The Kier molecular flexibility index (Phi) is 9.02. The molecule has 46 heavy (non-hydrogen) atoms. The van der Waals surface area contributed by atoms with Crippen molar-refractivity contribution in [3.63, 3.8) is 0 Å². The Hall–Kier alpha value is -4.40. The Bertz CT molecular complexity index is 1870. The van der Waals surface area contributed by atoms with E-state index in [4.69, 9.17) is 14.7 Å². The standard InChI is InChI=1S/C32H30F3N7O2S2/c1-32(2,3)30-40-27(19-7-9-21(33)25(17-19)41-46(43)29-22(34)5-4-6-23(29)35)28(45-30)24-11-12-36-31(39-24)38-20-8-10-26(37-18-20)42-13-15-44-16-14-42/h4-12,17-18,41H,13-16H2,1-3H3,(H,36,38,39). The summed E-state index contributed by atoms with van der Waals surface area (Å²) in [4.78, 5) is 20.8. The minimum absolute atomic E-state index is 0.201. The van der Waals surface area contributed by atoms with Gasteiger partial charge in [-0.2, -0.15) is 0 Å². The molecule has 9 nitrogen and oxygen atoms in total. The van der Waals surface area contributed by atoms with E-state index in [0.29, 0.717) is 46.7 Å². The number of benzene rings is 2. The Morgan fingerprint density at radius 3 is 2.39 bits per heavy atom. The van der Waals surface area contributed by atoms with Gasteiger partial charge in [-0.3, -0.25) is 4.72 Å². The highest BCUT2D eigenvalue weighted by Crippen LogP contribution is 2.41. The molecule has 14 heteroatoms. The lowest BCUT2D eigenvalue weighted by atomic mass is 9.98. The van der Waals surface area contributed by atoms with Crippen molar-refractivity contribution in [2.24, 2.45) is 0 Å². The van der Waals surface area contributed by atoms with Gasteiger partial charge >= 0.3 is 0 Å². The highest BCUT2D eigenvalue weighted by molar-refractivity contribution is 7.86. The fourth-order valence-corrected chi connectivity index (χ4v) is 6.75. The van der Waals surface area contributed by atoms with Gasteiger partial charge in [-0.15, -0.1) is 11.3 Å². The Morgan fingerprint density at radius 2 is 1.70 bits per heavy atom. The van der Waals surface area contributed by atoms with Gasteiger partial charge in [0.2, 0.25) is 5.95 Å². The molecule has 0 bridgehead atoms. The minimum Gasteiger partial charge on any atom is -0.378 e. The van der Waals surface area contributed by atoms with Gasteiger partial charge < -0.3 is 15.0 Å². The van der Waals surface area contributed by atoms with Crippen LogP contribution in [0, 0.1) is 17.5 Å². The summed E-state index contributed by atoms with van der Waals surface area (Å²) >= 11 is 1.44. The van der Waals surface area contributed by atoms with Crippen molar-refractivity contribution in [1.29, 1.82) is 0 Å². The third-order valence-corrected chi connectivity index (χ3v) is 9.71. The second-order valence-corrected chi connectivity index (χ2v) is 13.6. The molecule has 238 valence electrons. The zero-order chi connectivity index (χ0) is 32.4. The minimum atomic E-state index is -2.41. The first-order chi connectivity index (χ1) is 22.1. The summed E-state index contributed by atoms with van der Waals surface area (Å²) in [6, 6.07) is 12.9. The number of nitrogens with one attached hydrogen (secondary N) is 2. The highest BCUT2D eigenvalue weighted by atomic mass is 32.2. The van der Waals surface area contributed by atoms with Gasteiger partial charge in [-0.1, -0.05) is 26.8 Å². The molecule has 1 fully saturated rings. The van der Waals surface area contributed by atoms with Crippen molar-refractivity contribution in [2.75, 3.05) is 41.2 Å². The van der Waals surface area contributed by atoms with Crippen molar-refractivity contribution in [2.45, 2.75) is 31.1 Å². The van der Waals surface area contributed by atoms with Crippen LogP contribution in [0.5, 0.6) is 0 Å². The van der Waals surface area contributed by atoms with Crippen LogP contribution in [0.3, 0.4) is 0 Å². The van der Waals surface area contributed by atoms with Crippen LogP contribution >= 0.6 is 11.3 Å². The Morgan fingerprint density at radius 1 is 0.935 bits per heavy atom. The van der Waals surface area contributed by atoms with E-state index in [1.165, 1.54) is 23.5 Å². The first-order valence-corrected chi connectivity index (χ1v) is 16.4. The van der Waals surface area contributed by atoms with Gasteiger partial charge in [-0.25, -0.2) is 37.3 Å². The van der Waals surface area contributed by atoms with Crippen LogP contribution in [0.15, 0.2) is 71.9 Å². The fraction of sp³-hybridized carbons (Fsp3) is 0.250. The van der Waals surface area contributed by atoms with Crippen molar-refractivity contribution < 1.29 is 22.1 Å². The maximum absolute atomic E-state index is 14.9. The largest absolute Gasteiger partial charge is 0.378 e. The molecule has 5 aromatic rings. The maximum Gasteiger partial charge on any atom is 0.227 e. The molecule has 1 aliphatic rings. The average Bonchev–Trinajstić information content (AvgIpc) is 3.50. The molecule has 1 saturated heterocycles. The molecule has 1 unspecified atom stereocenters. The lowest BCUT2D eigenvalue weighted by molar-refractivity contribution is 0.122. The number of pyridine rings is 1. The molecular formula is C32H30F3N7O2S2. The highest BCUT2D eigenvalue weighted by Gasteiger charge is 2.25. The summed E-state index contributed by atoms with van der Waals surface area (Å²) in [6.07, 6.45) is 3.35. The second-order valence-electron chi connectivity index (χ2n) is 11.5. The van der Waals surface area contributed by atoms with Crippen LogP contribution < -0.4 is 14.9 Å². The summed E-state index contributed by atoms with van der Waals surface area (Å²) in [5, 5.41) is 4.01. The molecule has 4 heterocycles. The van der Waals surface area contributed by atoms with Crippen LogP contribution in [-0.4, -0.2) is 50.4 Å². The summed E-state index contributed by atoms with van der Waals surface area (Å²) in [6.45, 7) is 9.00. The normalized spacial score (nSPS) is 14.3. The number of halogens is 3. The summed E-state index contributed by atoms with van der Waals surface area (Å²) < 4.78 is 64.2. The monoisotopic (exact) mass is 665 g/mol. The van der Waals surface area contributed by atoms with E-state index in [0.717, 1.165) is 42.1 Å². The van der Waals surface area contributed by atoms with Gasteiger partial charge in [0.25, 0.3) is 0 Å². The topological polar surface area (TPSA) is 105 Å². The number of hydrogen-bond acceptors (Lipinski definition) is 9. The Balaban J connectivity index is 1.31. The number of hydrogen-bond donors (Lipinski definition) is 2. The number of rotatable bonds is 8. The number of thiazole rings is 1. The van der Waals surface area contributed by atoms with E-state index < -0.39 is 33.3 Å². The number of nitrogens with zero attached hydrogens (tertiary/aromatic N) is 5. The molecule has 6 rings (SSSR count). The molecule has 2 N–H and O–H groups in total. The van der Waals surface area contributed by atoms with Crippen LogP contribution in [0.4, 0.5) is 36.3 Å². The molecule has 0 saturated carbocycles. The fourth-order valence-electron chi connectivity index (χ4n) is 4.69. The number of ether oxygens (including phenoxy) is 1. The van der Waals surface area contributed by atoms with E-state index in [-0.39, 0.29) is 11.1 Å². The van der Waals surface area contributed by atoms with Crippen molar-refractivity contribution in [1.82, 2.24) is 19.9 Å². The molecule has 0 radical (unpaired) electrons. The molecule has 1 atom stereocenters. The third kappa shape index (κ3) is 6.88. The molecular weight excluding hydrogens is 636 g/mol. The van der Waals surface area contributed by atoms with E-state index in [1.807, 2.05) is 32.9 Å². The first kappa shape index (κ1) is 31.6. The summed E-state index contributed by atoms with van der Waals surface area (Å²) in [5.74, 6) is -1.54. The molecule has 1 aliphatic heterocycles. The summed E-state index contributed by atoms with van der Waals surface area (Å²) in [7, 11) is -2.41. The van der Waals surface area contributed by atoms with Crippen LogP contribution in [0.2, 0.25) is 0 Å². The summed E-state index contributed by atoms with van der Waals surface area (Å²) in [5.41, 5.74) is 1.78. The lowest BCUT2D eigenvalue weighted by Crippen LogP contribution is -2.36. The first-order valence-electron chi connectivity index (χ1n) is 14.4. The van der Waals surface area contributed by atoms with E-state index >= 15 is 0 Å². The smallest absolute Gasteiger partial charge is 0.227 e. The van der Waals surface area contributed by atoms with Gasteiger partial charge in [0, 0.05) is 30.3 Å². The van der Waals surface area contributed by atoms with E-state index in [2.05, 4.69) is 24.9 Å². The molecule has 0 spiro atoms. The SMILES string of the molecule is CC(C)(C)c1nc(-c2ccc(F)c(NS(=O)c3c(F)cccc3F)c2)c(-c2ccnc(Nc3ccc(N4CCOCC4)nc3)n2)s1. The van der Waals surface area contributed by atoms with Crippen molar-refractivity contribution >= 4 is 45.5 Å². The van der Waals surface area contributed by atoms with E-state index in [9.17, 15) is 17.4 Å². The predicted octanol–water partition coefficient (Wildman–Crippen LogP) is 7.09. The van der Waals surface area contributed by atoms with Crippen molar-refractivity contribution in [3.05, 3.63) is 89.5 Å². The van der Waals surface area contributed by atoms with Crippen molar-refractivity contribution in [3.8, 4) is 21.8 Å².